The highest BCUT2D eigenvalue weighted by Crippen LogP contribution is 2.21. The van der Waals surface area contributed by atoms with Crippen LogP contribution in [-0.4, -0.2) is 10.5 Å². The number of para-hydroxylation sites is 1. The molecule has 19 heavy (non-hydrogen) atoms. The molecule has 1 aromatic heterocycles. The molecule has 0 aliphatic heterocycles. The number of rotatable bonds is 3. The number of nitrogens with zero attached hydrogens (tertiary/aromatic N) is 1. The summed E-state index contributed by atoms with van der Waals surface area (Å²) in [6.45, 7) is 0.731. The summed E-state index contributed by atoms with van der Waals surface area (Å²) in [5.41, 5.74) is 8.23. The van der Waals surface area contributed by atoms with E-state index in [1.165, 1.54) is 5.56 Å². The molecule has 3 rings (SSSR count). The van der Waals surface area contributed by atoms with Gasteiger partial charge >= 0.3 is 0 Å². The molecule has 0 radical (unpaired) electrons. The normalized spacial score (nSPS) is 10.7. The quantitative estimate of drug-likeness (QED) is 0.763. The summed E-state index contributed by atoms with van der Waals surface area (Å²) in [6.07, 6.45) is 1.83. The molecule has 0 aliphatic rings. The lowest BCUT2D eigenvalue weighted by molar-refractivity contribution is 0.100. The molecule has 0 saturated heterocycles. The average Bonchev–Trinajstić information content (AvgIpc) is 2.79. The van der Waals surface area contributed by atoms with Crippen LogP contribution in [0.4, 0.5) is 0 Å². The zero-order valence-corrected chi connectivity index (χ0v) is 10.4. The van der Waals surface area contributed by atoms with Gasteiger partial charge in [0.05, 0.1) is 5.56 Å². The Morgan fingerprint density at radius 2 is 1.68 bits per heavy atom. The first-order valence-corrected chi connectivity index (χ1v) is 6.17. The fourth-order valence-corrected chi connectivity index (χ4v) is 2.35. The van der Waals surface area contributed by atoms with E-state index < -0.39 is 0 Å². The Balaban J connectivity index is 2.11. The molecule has 0 unspecified atom stereocenters. The number of carbonyl (C=O) groups excluding carboxylic acids is 1. The van der Waals surface area contributed by atoms with Gasteiger partial charge in [-0.2, -0.15) is 0 Å². The molecule has 3 nitrogen and oxygen atoms in total. The van der Waals surface area contributed by atoms with Crippen LogP contribution in [0, 0.1) is 0 Å². The highest BCUT2D eigenvalue weighted by molar-refractivity contribution is 6.06. The number of benzene rings is 2. The van der Waals surface area contributed by atoms with Gasteiger partial charge in [0.1, 0.15) is 0 Å². The van der Waals surface area contributed by atoms with Crippen molar-refractivity contribution in [2.45, 2.75) is 6.54 Å². The number of amides is 1. The minimum Gasteiger partial charge on any atom is -0.366 e. The summed E-state index contributed by atoms with van der Waals surface area (Å²) in [5, 5.41) is 0.908. The van der Waals surface area contributed by atoms with Gasteiger partial charge in [-0.25, -0.2) is 0 Å². The van der Waals surface area contributed by atoms with E-state index in [0.29, 0.717) is 5.56 Å². The minimum absolute atomic E-state index is 0.386. The van der Waals surface area contributed by atoms with Crippen molar-refractivity contribution in [3.8, 4) is 0 Å². The summed E-state index contributed by atoms with van der Waals surface area (Å²) in [6, 6.07) is 18.0. The Morgan fingerprint density at radius 3 is 2.42 bits per heavy atom. The number of nitrogens with two attached hydrogens (primary N) is 1. The Kier molecular flexibility index (Phi) is 2.80. The zero-order chi connectivity index (χ0) is 13.2. The topological polar surface area (TPSA) is 48.0 Å². The standard InChI is InChI=1S/C16H14N2O/c17-16(19)14-11-18(10-12-6-2-1-3-7-12)15-9-5-4-8-13(14)15/h1-9,11H,10H2,(H2,17,19). The van der Waals surface area contributed by atoms with E-state index in [1.54, 1.807) is 0 Å². The Labute approximate surface area is 111 Å². The van der Waals surface area contributed by atoms with Crippen molar-refractivity contribution in [3.63, 3.8) is 0 Å². The van der Waals surface area contributed by atoms with E-state index in [4.69, 9.17) is 5.73 Å². The van der Waals surface area contributed by atoms with E-state index >= 15 is 0 Å². The lowest BCUT2D eigenvalue weighted by atomic mass is 10.2. The average molecular weight is 250 g/mol. The number of aromatic nitrogens is 1. The SMILES string of the molecule is NC(=O)c1cn(Cc2ccccc2)c2ccccc12. The van der Waals surface area contributed by atoms with Crippen molar-refractivity contribution in [1.29, 1.82) is 0 Å². The van der Waals surface area contributed by atoms with E-state index in [-0.39, 0.29) is 5.91 Å². The first kappa shape index (κ1) is 11.5. The third-order valence-corrected chi connectivity index (χ3v) is 3.25. The second-order valence-electron chi connectivity index (χ2n) is 4.54. The maximum atomic E-state index is 11.5. The van der Waals surface area contributed by atoms with Gasteiger partial charge in [0, 0.05) is 23.6 Å². The minimum atomic E-state index is -0.386. The van der Waals surface area contributed by atoms with Crippen molar-refractivity contribution >= 4 is 16.8 Å². The molecule has 1 heterocycles. The van der Waals surface area contributed by atoms with Crippen LogP contribution in [0.5, 0.6) is 0 Å². The molecule has 3 heteroatoms. The van der Waals surface area contributed by atoms with Crippen molar-refractivity contribution in [1.82, 2.24) is 4.57 Å². The Bertz CT molecular complexity index is 729. The molecule has 94 valence electrons. The lowest BCUT2D eigenvalue weighted by Crippen LogP contribution is -2.10. The fourth-order valence-electron chi connectivity index (χ4n) is 2.35. The summed E-state index contributed by atoms with van der Waals surface area (Å²) in [7, 11) is 0. The third-order valence-electron chi connectivity index (χ3n) is 3.25. The molecule has 1 amide bonds. The molecule has 0 spiro atoms. The van der Waals surface area contributed by atoms with Crippen LogP contribution in [0.25, 0.3) is 10.9 Å². The number of fused-ring (bicyclic) bond motifs is 1. The van der Waals surface area contributed by atoms with E-state index in [2.05, 4.69) is 16.7 Å². The summed E-state index contributed by atoms with van der Waals surface area (Å²) in [5.74, 6) is -0.386. The Hall–Kier alpha value is -2.55. The maximum Gasteiger partial charge on any atom is 0.250 e. The first-order chi connectivity index (χ1) is 9.25. The van der Waals surface area contributed by atoms with Gasteiger partial charge in [-0.3, -0.25) is 4.79 Å². The van der Waals surface area contributed by atoms with Crippen LogP contribution < -0.4 is 5.73 Å². The second kappa shape index (κ2) is 4.61. The number of carbonyl (C=O) groups is 1. The summed E-state index contributed by atoms with van der Waals surface area (Å²) >= 11 is 0. The fraction of sp³-hybridized carbons (Fsp3) is 0.0625. The van der Waals surface area contributed by atoms with Crippen LogP contribution in [0.3, 0.4) is 0 Å². The van der Waals surface area contributed by atoms with Crippen LogP contribution in [0.15, 0.2) is 60.8 Å². The molecular formula is C16H14N2O. The van der Waals surface area contributed by atoms with Crippen LogP contribution in [0.1, 0.15) is 15.9 Å². The monoisotopic (exact) mass is 250 g/mol. The number of primary amides is 1. The molecule has 2 N–H and O–H groups in total. The van der Waals surface area contributed by atoms with Gasteiger partial charge in [0.2, 0.25) is 0 Å². The predicted octanol–water partition coefficient (Wildman–Crippen LogP) is 2.79. The van der Waals surface area contributed by atoms with Crippen molar-refractivity contribution in [2.75, 3.05) is 0 Å². The van der Waals surface area contributed by atoms with Gasteiger partial charge in [-0.05, 0) is 11.6 Å². The van der Waals surface area contributed by atoms with Crippen molar-refractivity contribution in [3.05, 3.63) is 71.9 Å². The van der Waals surface area contributed by atoms with Gasteiger partial charge in [0.25, 0.3) is 5.91 Å². The number of hydrogen-bond donors (Lipinski definition) is 1. The van der Waals surface area contributed by atoms with Crippen LogP contribution in [-0.2, 0) is 6.54 Å². The molecule has 3 aromatic rings. The van der Waals surface area contributed by atoms with Crippen molar-refractivity contribution < 1.29 is 4.79 Å². The molecule has 0 atom stereocenters. The zero-order valence-electron chi connectivity index (χ0n) is 10.4. The van der Waals surface area contributed by atoms with Crippen molar-refractivity contribution in [2.24, 2.45) is 5.73 Å². The summed E-state index contributed by atoms with van der Waals surface area (Å²) in [4.78, 5) is 11.5. The van der Waals surface area contributed by atoms with Gasteiger partial charge in [-0.15, -0.1) is 0 Å². The van der Waals surface area contributed by atoms with Gasteiger partial charge < -0.3 is 10.3 Å². The second-order valence-corrected chi connectivity index (χ2v) is 4.54. The van der Waals surface area contributed by atoms with Gasteiger partial charge in [0.15, 0.2) is 0 Å². The molecule has 2 aromatic carbocycles. The van der Waals surface area contributed by atoms with E-state index in [0.717, 1.165) is 17.4 Å². The highest BCUT2D eigenvalue weighted by atomic mass is 16.1. The maximum absolute atomic E-state index is 11.5. The highest BCUT2D eigenvalue weighted by Gasteiger charge is 2.11. The van der Waals surface area contributed by atoms with Crippen LogP contribution in [0.2, 0.25) is 0 Å². The number of hydrogen-bond acceptors (Lipinski definition) is 1. The van der Waals surface area contributed by atoms with Crippen LogP contribution >= 0.6 is 0 Å². The van der Waals surface area contributed by atoms with E-state index in [1.807, 2.05) is 48.7 Å². The predicted molar refractivity (Wildman–Crippen MR) is 76.0 cm³/mol. The molecule has 0 saturated carbocycles. The molecule has 0 aliphatic carbocycles. The Morgan fingerprint density at radius 1 is 1.00 bits per heavy atom. The third kappa shape index (κ3) is 2.10. The molecular weight excluding hydrogens is 236 g/mol. The first-order valence-electron chi connectivity index (χ1n) is 6.17. The van der Waals surface area contributed by atoms with Gasteiger partial charge in [-0.1, -0.05) is 48.5 Å². The van der Waals surface area contributed by atoms with E-state index in [9.17, 15) is 4.79 Å². The lowest BCUT2D eigenvalue weighted by Gasteiger charge is -2.05. The molecule has 0 fully saturated rings. The molecule has 0 bridgehead atoms. The summed E-state index contributed by atoms with van der Waals surface area (Å²) < 4.78 is 2.06. The largest absolute Gasteiger partial charge is 0.366 e. The smallest absolute Gasteiger partial charge is 0.250 e.